The van der Waals surface area contributed by atoms with Gasteiger partial charge in [0.2, 0.25) is 10.0 Å². The third kappa shape index (κ3) is 14.5. The average Bonchev–Trinajstić information content (AvgIpc) is 2.88. The standard InChI is InChI=1S/C27H42N2O5S2/c1-3-5-7-8-9-10-11-12-13-14-15-16-22-35-23-26(27(30)28-31)29-36(32,33)25-19-17-24(18-20-25)34-21-6-4-2/h5,7,17-20,26,29,31H,3,8-16,21-23H2,1-2H3,(H,28,30)/b7-5-. The van der Waals surface area contributed by atoms with E-state index in [1.54, 1.807) is 12.4 Å². The molecule has 36 heavy (non-hydrogen) atoms. The molecule has 1 rings (SSSR count). The Morgan fingerprint density at radius 1 is 1.06 bits per heavy atom. The average molecular weight is 539 g/mol. The lowest BCUT2D eigenvalue weighted by molar-refractivity contribution is -0.130. The number of allylic oxidation sites excluding steroid dienone is 2. The Morgan fingerprint density at radius 2 is 1.69 bits per heavy atom. The van der Waals surface area contributed by atoms with Crippen molar-refractivity contribution in [2.45, 2.75) is 89.0 Å². The van der Waals surface area contributed by atoms with Gasteiger partial charge < -0.3 is 4.74 Å². The molecule has 0 aliphatic rings. The first-order chi connectivity index (χ1) is 17.4. The van der Waals surface area contributed by atoms with Gasteiger partial charge in [0, 0.05) is 5.75 Å². The first-order valence-corrected chi connectivity index (χ1v) is 15.4. The Kier molecular flexibility index (Phi) is 17.9. The summed E-state index contributed by atoms with van der Waals surface area (Å²) in [6, 6.07) is 4.80. The van der Waals surface area contributed by atoms with Crippen molar-refractivity contribution in [3.8, 4) is 17.6 Å². The molecular weight excluding hydrogens is 496 g/mol. The van der Waals surface area contributed by atoms with Gasteiger partial charge in [0.25, 0.3) is 5.91 Å². The minimum absolute atomic E-state index is 0.00888. The van der Waals surface area contributed by atoms with E-state index in [-0.39, 0.29) is 17.3 Å². The number of benzene rings is 1. The van der Waals surface area contributed by atoms with E-state index in [0.717, 1.165) is 25.0 Å². The van der Waals surface area contributed by atoms with E-state index in [9.17, 15) is 13.2 Å². The number of hydroxylamine groups is 1. The van der Waals surface area contributed by atoms with E-state index in [4.69, 9.17) is 9.94 Å². The van der Waals surface area contributed by atoms with Crippen molar-refractivity contribution in [3.63, 3.8) is 0 Å². The van der Waals surface area contributed by atoms with Gasteiger partial charge in [-0.05, 0) is 62.6 Å². The molecule has 202 valence electrons. The highest BCUT2D eigenvalue weighted by Gasteiger charge is 2.25. The van der Waals surface area contributed by atoms with Crippen molar-refractivity contribution in [3.05, 3.63) is 36.4 Å². The quantitative estimate of drug-likeness (QED) is 0.0670. The van der Waals surface area contributed by atoms with Gasteiger partial charge in [-0.3, -0.25) is 10.0 Å². The van der Waals surface area contributed by atoms with Crippen LogP contribution in [-0.2, 0) is 14.8 Å². The second-order valence-corrected chi connectivity index (χ2v) is 11.3. The van der Waals surface area contributed by atoms with Gasteiger partial charge in [0.05, 0.1) is 4.90 Å². The number of hydrogen-bond acceptors (Lipinski definition) is 6. The number of nitrogens with one attached hydrogen (secondary N) is 2. The summed E-state index contributed by atoms with van der Waals surface area (Å²) in [7, 11) is -3.95. The number of unbranched alkanes of at least 4 members (excludes halogenated alkanes) is 8. The molecule has 3 N–H and O–H groups in total. The summed E-state index contributed by atoms with van der Waals surface area (Å²) in [4.78, 5) is 12.1. The van der Waals surface area contributed by atoms with Crippen LogP contribution in [0.25, 0.3) is 0 Å². The first-order valence-electron chi connectivity index (χ1n) is 12.8. The fourth-order valence-electron chi connectivity index (χ4n) is 3.42. The summed E-state index contributed by atoms with van der Waals surface area (Å²) in [5, 5.41) is 9.05. The van der Waals surface area contributed by atoms with Gasteiger partial charge >= 0.3 is 0 Å². The van der Waals surface area contributed by atoms with Crippen LogP contribution in [0.2, 0.25) is 0 Å². The molecule has 7 nitrogen and oxygen atoms in total. The van der Waals surface area contributed by atoms with Crippen LogP contribution in [0.15, 0.2) is 41.3 Å². The highest BCUT2D eigenvalue weighted by Crippen LogP contribution is 2.17. The largest absolute Gasteiger partial charge is 0.481 e. The van der Waals surface area contributed by atoms with Gasteiger partial charge in [-0.1, -0.05) is 63.5 Å². The van der Waals surface area contributed by atoms with E-state index in [0.29, 0.717) is 5.75 Å². The Hall–Kier alpha value is -1.99. The Bertz CT molecular complexity index is 922. The van der Waals surface area contributed by atoms with Crippen molar-refractivity contribution in [2.24, 2.45) is 0 Å². The van der Waals surface area contributed by atoms with E-state index in [2.05, 4.69) is 35.6 Å². The van der Waals surface area contributed by atoms with Crippen LogP contribution < -0.4 is 14.9 Å². The number of carbonyl (C=O) groups excluding carboxylic acids is 1. The molecule has 9 heteroatoms. The van der Waals surface area contributed by atoms with Crippen LogP contribution in [-0.4, -0.2) is 43.7 Å². The molecule has 1 amide bonds. The summed E-state index contributed by atoms with van der Waals surface area (Å²) in [5.41, 5.74) is 1.56. The maximum atomic E-state index is 12.7. The maximum absolute atomic E-state index is 12.7. The van der Waals surface area contributed by atoms with Crippen molar-refractivity contribution in [1.29, 1.82) is 0 Å². The van der Waals surface area contributed by atoms with Gasteiger partial charge in [-0.15, -0.1) is 5.92 Å². The minimum atomic E-state index is -3.95. The molecule has 1 unspecified atom stereocenters. The number of hydrogen-bond donors (Lipinski definition) is 3. The topological polar surface area (TPSA) is 105 Å². The molecule has 1 aromatic carbocycles. The van der Waals surface area contributed by atoms with Gasteiger partial charge in [-0.25, -0.2) is 13.9 Å². The summed E-state index contributed by atoms with van der Waals surface area (Å²) in [6.45, 7) is 4.08. The SMILES string of the molecule is CC#CCOc1ccc(S(=O)(=O)NC(CSCCCCCCCCCC/C=C\CC)C(=O)NO)cc1. The zero-order valence-electron chi connectivity index (χ0n) is 21.6. The Balaban J connectivity index is 2.32. The van der Waals surface area contributed by atoms with E-state index in [1.807, 2.05) is 0 Å². The minimum Gasteiger partial charge on any atom is -0.481 e. The van der Waals surface area contributed by atoms with Crippen LogP contribution in [0, 0.1) is 11.8 Å². The summed E-state index contributed by atoms with van der Waals surface area (Å²) in [5.74, 6) is 6.25. The van der Waals surface area contributed by atoms with Crippen LogP contribution in [0.3, 0.4) is 0 Å². The van der Waals surface area contributed by atoms with Gasteiger partial charge in [0.1, 0.15) is 18.4 Å². The second kappa shape index (κ2) is 20.1. The third-order valence-electron chi connectivity index (χ3n) is 5.44. The number of rotatable bonds is 20. The molecular formula is C27H42N2O5S2. The lowest BCUT2D eigenvalue weighted by atomic mass is 10.1. The van der Waals surface area contributed by atoms with Crippen molar-refractivity contribution in [2.75, 3.05) is 18.1 Å². The highest BCUT2D eigenvalue weighted by molar-refractivity contribution is 7.99. The number of thioether (sulfide) groups is 1. The zero-order valence-corrected chi connectivity index (χ0v) is 23.3. The smallest absolute Gasteiger partial charge is 0.262 e. The van der Waals surface area contributed by atoms with Crippen molar-refractivity contribution >= 4 is 27.7 Å². The summed E-state index contributed by atoms with van der Waals surface area (Å²) < 4.78 is 33.3. The lowest BCUT2D eigenvalue weighted by Crippen LogP contribution is -2.47. The predicted octanol–water partition coefficient (Wildman–Crippen LogP) is 5.45. The molecule has 1 aromatic rings. The Morgan fingerprint density at radius 3 is 2.31 bits per heavy atom. The fraction of sp³-hybridized carbons (Fsp3) is 0.593. The molecule has 0 heterocycles. The molecule has 0 spiro atoms. The fourth-order valence-corrected chi connectivity index (χ4v) is 5.76. The predicted molar refractivity (Wildman–Crippen MR) is 148 cm³/mol. The summed E-state index contributed by atoms with van der Waals surface area (Å²) >= 11 is 1.50. The van der Waals surface area contributed by atoms with Crippen molar-refractivity contribution < 1.29 is 23.2 Å². The van der Waals surface area contributed by atoms with Crippen LogP contribution in [0.1, 0.15) is 78.1 Å². The van der Waals surface area contributed by atoms with E-state index in [1.165, 1.54) is 81.0 Å². The molecule has 1 atom stereocenters. The number of sulfonamides is 1. The Labute approximate surface area is 221 Å². The van der Waals surface area contributed by atoms with Crippen LogP contribution in [0.4, 0.5) is 0 Å². The lowest BCUT2D eigenvalue weighted by Gasteiger charge is -2.17. The zero-order chi connectivity index (χ0) is 26.5. The first kappa shape index (κ1) is 32.0. The summed E-state index contributed by atoms with van der Waals surface area (Å²) in [6.07, 6.45) is 16.5. The molecule has 0 saturated heterocycles. The van der Waals surface area contributed by atoms with E-state index >= 15 is 0 Å². The number of carbonyl (C=O) groups is 1. The van der Waals surface area contributed by atoms with Gasteiger partial charge in [0.15, 0.2) is 0 Å². The van der Waals surface area contributed by atoms with Gasteiger partial charge in [-0.2, -0.15) is 16.5 Å². The molecule has 0 aliphatic carbocycles. The molecule has 0 radical (unpaired) electrons. The number of amides is 1. The van der Waals surface area contributed by atoms with Crippen LogP contribution in [0.5, 0.6) is 5.75 Å². The monoisotopic (exact) mass is 538 g/mol. The normalized spacial score (nSPS) is 12.2. The molecule has 0 aliphatic heterocycles. The second-order valence-electron chi connectivity index (χ2n) is 8.41. The van der Waals surface area contributed by atoms with Crippen LogP contribution >= 0.6 is 11.8 Å². The highest BCUT2D eigenvalue weighted by atomic mass is 32.2. The third-order valence-corrected chi connectivity index (χ3v) is 8.08. The van der Waals surface area contributed by atoms with Crippen molar-refractivity contribution in [1.82, 2.24) is 10.2 Å². The molecule has 0 aromatic heterocycles. The van der Waals surface area contributed by atoms with E-state index < -0.39 is 22.0 Å². The maximum Gasteiger partial charge on any atom is 0.262 e. The molecule has 0 saturated carbocycles. The molecule has 0 fully saturated rings. The number of ether oxygens (including phenoxy) is 1. The molecule has 0 bridgehead atoms.